The van der Waals surface area contributed by atoms with Gasteiger partial charge in [0, 0.05) is 0 Å². The maximum atomic E-state index is 7.82. The van der Waals surface area contributed by atoms with Crippen LogP contribution in [0.4, 0.5) is 0 Å². The molecule has 0 unspecified atom stereocenters. The Morgan fingerprint density at radius 2 is 1.14 bits per heavy atom. The van der Waals surface area contributed by atoms with Crippen LogP contribution in [0.15, 0.2) is 0 Å². The lowest BCUT2D eigenvalue weighted by Crippen LogP contribution is -1.73. The summed E-state index contributed by atoms with van der Waals surface area (Å²) in [7, 11) is -5.22. The van der Waals surface area contributed by atoms with Gasteiger partial charge in [-0.15, -0.1) is 0 Å². The summed E-state index contributed by atoms with van der Waals surface area (Å²) in [6.07, 6.45) is 0. The van der Waals surface area contributed by atoms with Crippen LogP contribution in [-0.2, 0) is 4.31 Å². The summed E-state index contributed by atoms with van der Waals surface area (Å²) in [4.78, 5) is 31.3. The van der Waals surface area contributed by atoms with Gasteiger partial charge in [-0.3, -0.25) is 0 Å². The van der Waals surface area contributed by atoms with Crippen LogP contribution in [-0.4, -0.2) is 19.6 Å². The van der Waals surface area contributed by atoms with E-state index in [9.17, 15) is 0 Å². The minimum absolute atomic E-state index is 2.61. The van der Waals surface area contributed by atoms with Gasteiger partial charge in [0.2, 0.25) is 0 Å². The highest BCUT2D eigenvalue weighted by molar-refractivity contribution is 7.53. The highest BCUT2D eigenvalue weighted by Gasteiger charge is 2.05. The second-order valence-electron chi connectivity index (χ2n) is 0.587. The first-order valence-electron chi connectivity index (χ1n) is 1.17. The molecule has 5 nitrogen and oxygen atoms in total. The van der Waals surface area contributed by atoms with E-state index in [-0.39, 0.29) is 0 Å². The van der Waals surface area contributed by atoms with Crippen molar-refractivity contribution in [3.05, 3.63) is 0 Å². The van der Waals surface area contributed by atoms with Crippen molar-refractivity contribution >= 4 is 17.2 Å². The second-order valence-corrected chi connectivity index (χ2v) is 2.25. The maximum absolute atomic E-state index is 7.82. The van der Waals surface area contributed by atoms with Gasteiger partial charge in [-0.05, 0) is 0 Å². The Labute approximate surface area is 42.2 Å². The van der Waals surface area contributed by atoms with E-state index in [1.807, 2.05) is 0 Å². The Balaban J connectivity index is 2.95. The number of hydrogen-bond donors (Lipinski definition) is 4. The van der Waals surface area contributed by atoms with E-state index < -0.39 is 17.2 Å². The molecule has 0 aliphatic heterocycles. The van der Waals surface area contributed by atoms with Crippen LogP contribution in [0.1, 0.15) is 0 Å². The first kappa shape index (κ1) is 7.66. The molecule has 0 saturated heterocycles. The summed E-state index contributed by atoms with van der Waals surface area (Å²) in [5, 5.41) is 0. The lowest BCUT2D eigenvalue weighted by atomic mass is 15.7. The summed E-state index contributed by atoms with van der Waals surface area (Å²) in [5.41, 5.74) is 0. The molecule has 0 spiro atoms. The molecule has 0 aliphatic rings. The van der Waals surface area contributed by atoms with E-state index in [1.165, 1.54) is 0 Å². The van der Waals surface area contributed by atoms with E-state index in [4.69, 9.17) is 19.6 Å². The van der Waals surface area contributed by atoms with Crippen LogP contribution in [0, 0.1) is 0 Å². The molecule has 0 saturated carbocycles. The van der Waals surface area contributed by atoms with Crippen molar-refractivity contribution in [2.75, 3.05) is 0 Å². The molecule has 0 rings (SSSR count). The van der Waals surface area contributed by atoms with Crippen LogP contribution in [0.25, 0.3) is 0 Å². The first-order chi connectivity index (χ1) is 3.13. The number of hydrogen-bond acceptors (Lipinski definition) is 5. The zero-order valence-electron chi connectivity index (χ0n) is 3.09. The summed E-state index contributed by atoms with van der Waals surface area (Å²) in [6.45, 7) is 0. The fourth-order valence-electron chi connectivity index (χ4n) is 0.0653. The summed E-state index contributed by atoms with van der Waals surface area (Å²) < 4.78 is 3.60. The molecular formula is H4O5P2. The zero-order chi connectivity index (χ0) is 5.86. The highest BCUT2D eigenvalue weighted by Crippen LogP contribution is 2.41. The highest BCUT2D eigenvalue weighted by atomic mass is 31.2. The molecule has 0 heterocycles. The van der Waals surface area contributed by atoms with Crippen molar-refractivity contribution in [3.63, 3.8) is 0 Å². The SMILES string of the molecule is OP(O)OP(O)O. The van der Waals surface area contributed by atoms with Crippen molar-refractivity contribution in [2.45, 2.75) is 0 Å². The van der Waals surface area contributed by atoms with Crippen LogP contribution >= 0.6 is 17.2 Å². The standard InChI is InChI=1S/H4O5P2/c1-6(2)5-7(3)4/h1-4H. The number of rotatable bonds is 2. The van der Waals surface area contributed by atoms with Gasteiger partial charge in [0.05, 0.1) is 0 Å². The van der Waals surface area contributed by atoms with Crippen LogP contribution < -0.4 is 0 Å². The quantitative estimate of drug-likeness (QED) is 0.391. The van der Waals surface area contributed by atoms with Crippen LogP contribution in [0.5, 0.6) is 0 Å². The Bertz CT molecular complexity index is 35.3. The summed E-state index contributed by atoms with van der Waals surface area (Å²) in [6, 6.07) is 0. The Kier molecular flexibility index (Phi) is 3.98. The Morgan fingerprint density at radius 3 is 1.14 bits per heavy atom. The lowest BCUT2D eigenvalue weighted by Gasteiger charge is -2.00. The monoisotopic (exact) mass is 146 g/mol. The van der Waals surface area contributed by atoms with Gasteiger partial charge >= 0.3 is 17.2 Å². The van der Waals surface area contributed by atoms with E-state index in [0.29, 0.717) is 0 Å². The van der Waals surface area contributed by atoms with Gasteiger partial charge in [0.1, 0.15) is 0 Å². The topological polar surface area (TPSA) is 90.2 Å². The minimum atomic E-state index is -2.61. The molecule has 0 amide bonds. The van der Waals surface area contributed by atoms with E-state index in [1.54, 1.807) is 0 Å². The maximum Gasteiger partial charge on any atom is 0.334 e. The lowest BCUT2D eigenvalue weighted by molar-refractivity contribution is 0.324. The fourth-order valence-corrected chi connectivity index (χ4v) is 0.588. The Hall–Kier alpha value is 0.660. The van der Waals surface area contributed by atoms with Crippen LogP contribution in [0.3, 0.4) is 0 Å². The average molecular weight is 146 g/mol. The molecule has 0 atom stereocenters. The van der Waals surface area contributed by atoms with E-state index in [0.717, 1.165) is 0 Å². The molecule has 4 N–H and O–H groups in total. The van der Waals surface area contributed by atoms with Gasteiger partial charge < -0.3 is 19.6 Å². The molecule has 7 heavy (non-hydrogen) atoms. The Morgan fingerprint density at radius 1 is 0.857 bits per heavy atom. The predicted molar refractivity (Wildman–Crippen MR) is 23.8 cm³/mol. The minimum Gasteiger partial charge on any atom is -0.328 e. The van der Waals surface area contributed by atoms with Gasteiger partial charge in [-0.1, -0.05) is 0 Å². The van der Waals surface area contributed by atoms with Crippen molar-refractivity contribution in [1.29, 1.82) is 0 Å². The van der Waals surface area contributed by atoms with E-state index >= 15 is 0 Å². The normalized spacial score (nSPS) is 11.1. The van der Waals surface area contributed by atoms with Crippen LogP contribution in [0.2, 0.25) is 0 Å². The van der Waals surface area contributed by atoms with Gasteiger partial charge in [-0.2, -0.15) is 0 Å². The second kappa shape index (κ2) is 3.64. The predicted octanol–water partition coefficient (Wildman–Crippen LogP) is -0.574. The van der Waals surface area contributed by atoms with Crippen molar-refractivity contribution in [2.24, 2.45) is 0 Å². The summed E-state index contributed by atoms with van der Waals surface area (Å²) in [5.74, 6) is 0. The van der Waals surface area contributed by atoms with Gasteiger partial charge in [0.25, 0.3) is 0 Å². The average Bonchev–Trinajstić information content (AvgIpc) is 1.27. The molecule has 44 valence electrons. The van der Waals surface area contributed by atoms with Crippen molar-refractivity contribution in [3.8, 4) is 0 Å². The molecule has 0 radical (unpaired) electrons. The first-order valence-corrected chi connectivity index (χ1v) is 3.50. The van der Waals surface area contributed by atoms with Gasteiger partial charge in [-0.25, -0.2) is 4.31 Å². The molecule has 0 aromatic rings. The molecule has 0 bridgehead atoms. The van der Waals surface area contributed by atoms with Crippen molar-refractivity contribution < 1.29 is 23.9 Å². The molecule has 0 aromatic heterocycles. The molecule has 0 fully saturated rings. The van der Waals surface area contributed by atoms with E-state index in [2.05, 4.69) is 4.31 Å². The molecular weight excluding hydrogens is 142 g/mol. The van der Waals surface area contributed by atoms with Gasteiger partial charge in [0.15, 0.2) is 0 Å². The summed E-state index contributed by atoms with van der Waals surface area (Å²) >= 11 is 0. The largest absolute Gasteiger partial charge is 0.334 e. The third-order valence-corrected chi connectivity index (χ3v) is 1.31. The third-order valence-electron chi connectivity index (χ3n) is 0.146. The van der Waals surface area contributed by atoms with Crippen molar-refractivity contribution in [1.82, 2.24) is 0 Å². The molecule has 0 aromatic carbocycles. The molecule has 7 heteroatoms. The fraction of sp³-hybridized carbons (Fsp3) is 0. The third kappa shape index (κ3) is 6.66. The zero-order valence-corrected chi connectivity index (χ0v) is 4.88. The molecule has 0 aliphatic carbocycles. The smallest absolute Gasteiger partial charge is 0.328 e.